The smallest absolute Gasteiger partial charge is 0.168 e. The molecule has 6 heteroatoms. The first-order valence-corrected chi connectivity index (χ1v) is 5.10. The molecule has 17 heavy (non-hydrogen) atoms. The number of aliphatic hydroxyl groups is 2. The fourth-order valence-electron chi connectivity index (χ4n) is 1.55. The van der Waals surface area contributed by atoms with E-state index in [0.29, 0.717) is 6.07 Å². The van der Waals surface area contributed by atoms with Crippen molar-refractivity contribution in [2.24, 2.45) is 5.73 Å². The SMILES string of the molecule is COc1c(F)cc(F)cc1C(O)C(O)CCN. The first kappa shape index (κ1) is 13.8. The van der Waals surface area contributed by atoms with E-state index in [2.05, 4.69) is 0 Å². The van der Waals surface area contributed by atoms with E-state index in [1.807, 2.05) is 0 Å². The van der Waals surface area contributed by atoms with Crippen molar-refractivity contribution in [2.45, 2.75) is 18.6 Å². The van der Waals surface area contributed by atoms with E-state index < -0.39 is 23.8 Å². The average Bonchev–Trinajstić information content (AvgIpc) is 2.27. The average molecular weight is 247 g/mol. The lowest BCUT2D eigenvalue weighted by atomic mass is 10.0. The minimum absolute atomic E-state index is 0.114. The van der Waals surface area contributed by atoms with Crippen molar-refractivity contribution in [3.63, 3.8) is 0 Å². The zero-order chi connectivity index (χ0) is 13.0. The molecule has 0 radical (unpaired) electrons. The number of methoxy groups -OCH3 is 1. The normalized spacial score (nSPS) is 14.5. The van der Waals surface area contributed by atoms with Crippen molar-refractivity contribution in [1.82, 2.24) is 0 Å². The molecule has 0 saturated heterocycles. The molecule has 1 aromatic rings. The summed E-state index contributed by atoms with van der Waals surface area (Å²) in [6.07, 6.45) is -2.53. The van der Waals surface area contributed by atoms with Crippen LogP contribution in [0.3, 0.4) is 0 Å². The van der Waals surface area contributed by atoms with E-state index in [9.17, 15) is 19.0 Å². The third kappa shape index (κ3) is 3.12. The number of hydrogen-bond donors (Lipinski definition) is 3. The monoisotopic (exact) mass is 247 g/mol. The topological polar surface area (TPSA) is 75.7 Å². The van der Waals surface area contributed by atoms with Gasteiger partial charge in [-0.05, 0) is 19.0 Å². The Morgan fingerprint density at radius 3 is 2.53 bits per heavy atom. The second kappa shape index (κ2) is 5.90. The molecular formula is C11H15F2NO3. The van der Waals surface area contributed by atoms with E-state index in [0.717, 1.165) is 6.07 Å². The Kier molecular flexibility index (Phi) is 4.80. The van der Waals surface area contributed by atoms with Gasteiger partial charge in [0.1, 0.15) is 11.9 Å². The van der Waals surface area contributed by atoms with Crippen molar-refractivity contribution in [3.8, 4) is 5.75 Å². The summed E-state index contributed by atoms with van der Waals surface area (Å²) in [4.78, 5) is 0. The highest BCUT2D eigenvalue weighted by molar-refractivity contribution is 5.37. The lowest BCUT2D eigenvalue weighted by Gasteiger charge is -2.20. The standard InChI is InChI=1S/C11H15F2NO3/c1-17-11-7(4-6(12)5-8(11)13)10(16)9(15)2-3-14/h4-5,9-10,15-16H,2-3,14H2,1H3. The summed E-state index contributed by atoms with van der Waals surface area (Å²) >= 11 is 0. The molecule has 0 saturated carbocycles. The Balaban J connectivity index is 3.11. The van der Waals surface area contributed by atoms with Gasteiger partial charge < -0.3 is 20.7 Å². The van der Waals surface area contributed by atoms with Crippen molar-refractivity contribution < 1.29 is 23.7 Å². The third-order valence-corrected chi connectivity index (χ3v) is 2.39. The maximum Gasteiger partial charge on any atom is 0.168 e. The molecule has 0 aliphatic heterocycles. The van der Waals surface area contributed by atoms with Crippen LogP contribution in [0.2, 0.25) is 0 Å². The largest absolute Gasteiger partial charge is 0.493 e. The number of benzene rings is 1. The molecule has 0 fully saturated rings. The molecule has 4 nitrogen and oxygen atoms in total. The zero-order valence-corrected chi connectivity index (χ0v) is 9.36. The van der Waals surface area contributed by atoms with Crippen LogP contribution in [0.1, 0.15) is 18.1 Å². The van der Waals surface area contributed by atoms with Crippen LogP contribution in [0.4, 0.5) is 8.78 Å². The van der Waals surface area contributed by atoms with Gasteiger partial charge in [0.2, 0.25) is 0 Å². The summed E-state index contributed by atoms with van der Waals surface area (Å²) in [6.45, 7) is 0.151. The van der Waals surface area contributed by atoms with Crippen LogP contribution in [-0.2, 0) is 0 Å². The number of nitrogens with two attached hydrogens (primary N) is 1. The Labute approximate surface area is 97.6 Å². The quantitative estimate of drug-likeness (QED) is 0.716. The van der Waals surface area contributed by atoms with Gasteiger partial charge in [0.05, 0.1) is 13.2 Å². The highest BCUT2D eigenvalue weighted by atomic mass is 19.1. The van der Waals surface area contributed by atoms with E-state index in [4.69, 9.17) is 10.5 Å². The van der Waals surface area contributed by atoms with Gasteiger partial charge in [0.25, 0.3) is 0 Å². The number of aliphatic hydroxyl groups excluding tert-OH is 2. The van der Waals surface area contributed by atoms with E-state index in [1.165, 1.54) is 7.11 Å². The maximum atomic E-state index is 13.3. The van der Waals surface area contributed by atoms with Gasteiger partial charge in [-0.25, -0.2) is 8.78 Å². The molecule has 1 aromatic carbocycles. The molecule has 2 atom stereocenters. The number of hydrogen-bond acceptors (Lipinski definition) is 4. The molecule has 0 aliphatic carbocycles. The lowest BCUT2D eigenvalue weighted by molar-refractivity contribution is 0.0132. The third-order valence-electron chi connectivity index (χ3n) is 2.39. The minimum Gasteiger partial charge on any atom is -0.493 e. The molecule has 96 valence electrons. The van der Waals surface area contributed by atoms with Crippen molar-refractivity contribution in [3.05, 3.63) is 29.3 Å². The molecule has 4 N–H and O–H groups in total. The van der Waals surface area contributed by atoms with Gasteiger partial charge >= 0.3 is 0 Å². The Morgan fingerprint density at radius 2 is 2.00 bits per heavy atom. The molecule has 2 unspecified atom stereocenters. The Bertz CT molecular complexity index is 387. The van der Waals surface area contributed by atoms with Crippen LogP contribution < -0.4 is 10.5 Å². The lowest BCUT2D eigenvalue weighted by Crippen LogP contribution is -2.22. The molecule has 0 heterocycles. The highest BCUT2D eigenvalue weighted by Crippen LogP contribution is 2.31. The summed E-state index contributed by atoms with van der Waals surface area (Å²) in [7, 11) is 1.20. The predicted molar refractivity (Wildman–Crippen MR) is 57.5 cm³/mol. The van der Waals surface area contributed by atoms with Crippen LogP contribution in [0.15, 0.2) is 12.1 Å². The summed E-state index contributed by atoms with van der Waals surface area (Å²) in [5.74, 6) is -2.06. The summed E-state index contributed by atoms with van der Waals surface area (Å²) in [5, 5.41) is 19.3. The van der Waals surface area contributed by atoms with E-state index in [-0.39, 0.29) is 24.3 Å². The predicted octanol–water partition coefficient (Wildman–Crippen LogP) is 0.716. The van der Waals surface area contributed by atoms with Crippen LogP contribution in [0.25, 0.3) is 0 Å². The van der Waals surface area contributed by atoms with Crippen LogP contribution in [-0.4, -0.2) is 30.0 Å². The Morgan fingerprint density at radius 1 is 1.35 bits per heavy atom. The van der Waals surface area contributed by atoms with Crippen LogP contribution in [0.5, 0.6) is 5.75 Å². The van der Waals surface area contributed by atoms with Crippen molar-refractivity contribution in [2.75, 3.05) is 13.7 Å². The van der Waals surface area contributed by atoms with Crippen LogP contribution in [0, 0.1) is 11.6 Å². The highest BCUT2D eigenvalue weighted by Gasteiger charge is 2.24. The zero-order valence-electron chi connectivity index (χ0n) is 9.36. The van der Waals surface area contributed by atoms with Gasteiger partial charge in [-0.1, -0.05) is 0 Å². The molecule has 0 bridgehead atoms. The van der Waals surface area contributed by atoms with E-state index >= 15 is 0 Å². The summed E-state index contributed by atoms with van der Waals surface area (Å²) in [6, 6.07) is 1.57. The maximum absolute atomic E-state index is 13.3. The van der Waals surface area contributed by atoms with E-state index in [1.54, 1.807) is 0 Å². The molecule has 1 rings (SSSR count). The molecular weight excluding hydrogens is 232 g/mol. The Hall–Kier alpha value is -1.24. The first-order valence-electron chi connectivity index (χ1n) is 5.10. The summed E-state index contributed by atoms with van der Waals surface area (Å²) < 4.78 is 31.1. The minimum atomic E-state index is -1.45. The van der Waals surface area contributed by atoms with Gasteiger partial charge in [0, 0.05) is 11.6 Å². The second-order valence-electron chi connectivity index (χ2n) is 3.60. The van der Waals surface area contributed by atoms with Crippen LogP contribution >= 0.6 is 0 Å². The fraction of sp³-hybridized carbons (Fsp3) is 0.455. The summed E-state index contributed by atoms with van der Waals surface area (Å²) in [5.41, 5.74) is 5.09. The second-order valence-corrected chi connectivity index (χ2v) is 3.60. The number of ether oxygens (including phenoxy) is 1. The van der Waals surface area contributed by atoms with Gasteiger partial charge in [-0.3, -0.25) is 0 Å². The molecule has 0 aliphatic rings. The number of rotatable bonds is 5. The fourth-order valence-corrected chi connectivity index (χ4v) is 1.55. The molecule has 0 aromatic heterocycles. The van der Waals surface area contributed by atoms with Gasteiger partial charge in [0.15, 0.2) is 11.6 Å². The van der Waals surface area contributed by atoms with Gasteiger partial charge in [-0.2, -0.15) is 0 Å². The molecule has 0 spiro atoms. The van der Waals surface area contributed by atoms with Crippen molar-refractivity contribution >= 4 is 0 Å². The molecule has 0 amide bonds. The van der Waals surface area contributed by atoms with Crippen molar-refractivity contribution in [1.29, 1.82) is 0 Å². The first-order chi connectivity index (χ1) is 8.01. The van der Waals surface area contributed by atoms with Gasteiger partial charge in [-0.15, -0.1) is 0 Å². The number of halogens is 2.